The van der Waals surface area contributed by atoms with Crippen LogP contribution in [0.3, 0.4) is 0 Å². The van der Waals surface area contributed by atoms with Gasteiger partial charge in [0.05, 0.1) is 13.5 Å². The van der Waals surface area contributed by atoms with E-state index in [-0.39, 0.29) is 17.6 Å². The first kappa shape index (κ1) is 15.5. The van der Waals surface area contributed by atoms with Gasteiger partial charge in [0.1, 0.15) is 5.75 Å². The van der Waals surface area contributed by atoms with Crippen molar-refractivity contribution in [1.82, 2.24) is 0 Å². The standard InChI is InChI=1S/C17H22O4/c1-21-14-7-5-6-13(10-14)15(18)11-17(12-16(19)20)8-3-2-4-9-17/h5-7,10H,2-4,8-9,11-12H2,1H3,(H,19,20). The van der Waals surface area contributed by atoms with Crippen molar-refractivity contribution in [2.75, 3.05) is 7.11 Å². The van der Waals surface area contributed by atoms with Gasteiger partial charge in [-0.3, -0.25) is 9.59 Å². The monoisotopic (exact) mass is 290 g/mol. The summed E-state index contributed by atoms with van der Waals surface area (Å²) in [6.45, 7) is 0. The number of ketones is 1. The Kier molecular flexibility index (Phi) is 4.99. The Morgan fingerprint density at radius 2 is 1.90 bits per heavy atom. The highest BCUT2D eigenvalue weighted by atomic mass is 16.5. The molecule has 0 radical (unpaired) electrons. The normalized spacial score (nSPS) is 17.2. The number of Topliss-reactive ketones (excluding diaryl/α,β-unsaturated/α-hetero) is 1. The largest absolute Gasteiger partial charge is 0.497 e. The van der Waals surface area contributed by atoms with Crippen LogP contribution in [0.25, 0.3) is 0 Å². The zero-order chi connectivity index (χ0) is 15.3. The molecule has 1 aromatic rings. The molecule has 0 bridgehead atoms. The van der Waals surface area contributed by atoms with Gasteiger partial charge in [0, 0.05) is 12.0 Å². The Morgan fingerprint density at radius 1 is 1.19 bits per heavy atom. The summed E-state index contributed by atoms with van der Waals surface area (Å²) in [4.78, 5) is 23.7. The molecule has 0 heterocycles. The Labute approximate surface area is 125 Å². The fraction of sp³-hybridized carbons (Fsp3) is 0.529. The fourth-order valence-corrected chi connectivity index (χ4v) is 3.28. The van der Waals surface area contributed by atoms with Gasteiger partial charge in [-0.05, 0) is 30.4 Å². The number of methoxy groups -OCH3 is 1. The number of hydrogen-bond donors (Lipinski definition) is 1. The van der Waals surface area contributed by atoms with Crippen molar-refractivity contribution >= 4 is 11.8 Å². The maximum atomic E-state index is 12.5. The molecule has 1 fully saturated rings. The number of carbonyl (C=O) groups is 2. The highest BCUT2D eigenvalue weighted by molar-refractivity contribution is 5.97. The summed E-state index contributed by atoms with van der Waals surface area (Å²) in [5.41, 5.74) is 0.231. The van der Waals surface area contributed by atoms with Gasteiger partial charge < -0.3 is 9.84 Å². The molecular formula is C17H22O4. The quantitative estimate of drug-likeness (QED) is 0.811. The van der Waals surface area contributed by atoms with Crippen molar-refractivity contribution in [3.05, 3.63) is 29.8 Å². The average Bonchev–Trinajstić information content (AvgIpc) is 2.47. The SMILES string of the molecule is COc1cccc(C(=O)CC2(CC(=O)O)CCCCC2)c1. The summed E-state index contributed by atoms with van der Waals surface area (Å²) in [5, 5.41) is 9.17. The number of carboxylic acid groups (broad SMARTS) is 1. The van der Waals surface area contributed by atoms with E-state index in [0.717, 1.165) is 32.1 Å². The molecule has 0 spiro atoms. The second-order valence-electron chi connectivity index (χ2n) is 5.96. The third-order valence-electron chi connectivity index (χ3n) is 4.37. The summed E-state index contributed by atoms with van der Waals surface area (Å²) in [6, 6.07) is 7.07. The van der Waals surface area contributed by atoms with Crippen LogP contribution in [0, 0.1) is 5.41 Å². The van der Waals surface area contributed by atoms with Crippen molar-refractivity contribution in [3.8, 4) is 5.75 Å². The van der Waals surface area contributed by atoms with Gasteiger partial charge in [-0.25, -0.2) is 0 Å². The van der Waals surface area contributed by atoms with Gasteiger partial charge in [0.15, 0.2) is 5.78 Å². The van der Waals surface area contributed by atoms with Gasteiger partial charge in [-0.15, -0.1) is 0 Å². The van der Waals surface area contributed by atoms with Crippen LogP contribution in [0.5, 0.6) is 5.75 Å². The number of aliphatic carboxylic acids is 1. The van der Waals surface area contributed by atoms with E-state index >= 15 is 0 Å². The summed E-state index contributed by atoms with van der Waals surface area (Å²) >= 11 is 0. The highest BCUT2D eigenvalue weighted by Gasteiger charge is 2.36. The number of rotatable bonds is 6. The number of hydrogen-bond acceptors (Lipinski definition) is 3. The maximum absolute atomic E-state index is 12.5. The Balaban J connectivity index is 2.15. The van der Waals surface area contributed by atoms with Crippen LogP contribution in [0.15, 0.2) is 24.3 Å². The molecule has 4 nitrogen and oxygen atoms in total. The first-order valence-corrected chi connectivity index (χ1v) is 7.44. The van der Waals surface area contributed by atoms with E-state index in [1.807, 2.05) is 0 Å². The van der Waals surface area contributed by atoms with Crippen LogP contribution >= 0.6 is 0 Å². The Morgan fingerprint density at radius 3 is 2.52 bits per heavy atom. The van der Waals surface area contributed by atoms with E-state index in [1.54, 1.807) is 31.4 Å². The molecule has 0 atom stereocenters. The molecule has 0 aromatic heterocycles. The van der Waals surface area contributed by atoms with Crippen LogP contribution in [0.4, 0.5) is 0 Å². The van der Waals surface area contributed by atoms with E-state index in [4.69, 9.17) is 9.84 Å². The number of carboxylic acids is 1. The van der Waals surface area contributed by atoms with E-state index in [2.05, 4.69) is 0 Å². The van der Waals surface area contributed by atoms with Crippen molar-refractivity contribution < 1.29 is 19.4 Å². The molecule has 114 valence electrons. The van der Waals surface area contributed by atoms with E-state index in [9.17, 15) is 9.59 Å². The second-order valence-corrected chi connectivity index (χ2v) is 5.96. The van der Waals surface area contributed by atoms with Crippen LogP contribution < -0.4 is 4.74 Å². The topological polar surface area (TPSA) is 63.6 Å². The molecule has 21 heavy (non-hydrogen) atoms. The Bertz CT molecular complexity index is 515. The molecule has 2 rings (SSSR count). The summed E-state index contributed by atoms with van der Waals surface area (Å²) in [6.07, 6.45) is 5.21. The van der Waals surface area contributed by atoms with Crippen LogP contribution in [-0.2, 0) is 4.79 Å². The predicted octanol–water partition coefficient (Wildman–Crippen LogP) is 3.69. The molecule has 1 saturated carbocycles. The van der Waals surface area contributed by atoms with Crippen molar-refractivity contribution in [2.24, 2.45) is 5.41 Å². The lowest BCUT2D eigenvalue weighted by Crippen LogP contribution is -2.30. The molecule has 0 amide bonds. The molecule has 0 unspecified atom stereocenters. The third-order valence-corrected chi connectivity index (χ3v) is 4.37. The first-order valence-electron chi connectivity index (χ1n) is 7.44. The lowest BCUT2D eigenvalue weighted by atomic mass is 9.68. The van der Waals surface area contributed by atoms with Crippen LogP contribution in [0.2, 0.25) is 0 Å². The minimum Gasteiger partial charge on any atom is -0.497 e. The molecule has 1 N–H and O–H groups in total. The minimum atomic E-state index is -0.810. The van der Waals surface area contributed by atoms with E-state index in [1.165, 1.54) is 0 Å². The van der Waals surface area contributed by atoms with Crippen LogP contribution in [0.1, 0.15) is 55.3 Å². The predicted molar refractivity (Wildman–Crippen MR) is 79.7 cm³/mol. The lowest BCUT2D eigenvalue weighted by Gasteiger charge is -2.35. The highest BCUT2D eigenvalue weighted by Crippen LogP contribution is 2.43. The van der Waals surface area contributed by atoms with Gasteiger partial charge in [-0.2, -0.15) is 0 Å². The minimum absolute atomic E-state index is 0.0112. The summed E-state index contributed by atoms with van der Waals surface area (Å²) < 4.78 is 5.14. The van der Waals surface area contributed by atoms with E-state index < -0.39 is 5.97 Å². The molecule has 0 aliphatic heterocycles. The lowest BCUT2D eigenvalue weighted by molar-refractivity contribution is -0.140. The molecule has 0 saturated heterocycles. The average molecular weight is 290 g/mol. The van der Waals surface area contributed by atoms with Crippen molar-refractivity contribution in [1.29, 1.82) is 0 Å². The molecular weight excluding hydrogens is 268 g/mol. The second kappa shape index (κ2) is 6.74. The first-order chi connectivity index (χ1) is 10.0. The summed E-state index contributed by atoms with van der Waals surface area (Å²) in [5.74, 6) is -0.149. The van der Waals surface area contributed by atoms with E-state index in [0.29, 0.717) is 17.7 Å². The number of ether oxygens (including phenoxy) is 1. The molecule has 1 aliphatic rings. The smallest absolute Gasteiger partial charge is 0.303 e. The van der Waals surface area contributed by atoms with Gasteiger partial charge >= 0.3 is 5.97 Å². The van der Waals surface area contributed by atoms with Crippen LogP contribution in [-0.4, -0.2) is 24.0 Å². The maximum Gasteiger partial charge on any atom is 0.303 e. The zero-order valence-corrected chi connectivity index (χ0v) is 12.4. The molecule has 4 heteroatoms. The van der Waals surface area contributed by atoms with Gasteiger partial charge in [0.2, 0.25) is 0 Å². The number of benzene rings is 1. The Hall–Kier alpha value is -1.84. The van der Waals surface area contributed by atoms with Crippen molar-refractivity contribution in [3.63, 3.8) is 0 Å². The molecule has 1 aromatic carbocycles. The van der Waals surface area contributed by atoms with Crippen molar-refractivity contribution in [2.45, 2.75) is 44.9 Å². The zero-order valence-electron chi connectivity index (χ0n) is 12.4. The molecule has 1 aliphatic carbocycles. The fourth-order valence-electron chi connectivity index (χ4n) is 3.28. The van der Waals surface area contributed by atoms with Gasteiger partial charge in [-0.1, -0.05) is 31.4 Å². The number of carbonyl (C=O) groups excluding carboxylic acids is 1. The summed E-state index contributed by atoms with van der Waals surface area (Å²) in [7, 11) is 1.57. The third kappa shape index (κ3) is 4.06. The van der Waals surface area contributed by atoms with Gasteiger partial charge in [0.25, 0.3) is 0 Å².